The Labute approximate surface area is 190 Å². The topological polar surface area (TPSA) is 29.5 Å². The van der Waals surface area contributed by atoms with Gasteiger partial charge in [0.2, 0.25) is 0 Å². The van der Waals surface area contributed by atoms with Gasteiger partial charge in [-0.15, -0.1) is 0 Å². The Morgan fingerprint density at radius 3 is 1.94 bits per heavy atom. The molecule has 0 amide bonds. The third-order valence-corrected chi connectivity index (χ3v) is 13.0. The van der Waals surface area contributed by atoms with E-state index in [1.54, 1.807) is 0 Å². The minimum absolute atomic E-state index is 0.00144. The van der Waals surface area contributed by atoms with Crippen LogP contribution in [0.15, 0.2) is 72.8 Å². The molecular formula is C28H40O2Si. The van der Waals surface area contributed by atoms with Crippen LogP contribution in [0.4, 0.5) is 0 Å². The molecule has 2 nitrogen and oxygen atoms in total. The largest absolute Gasteiger partial charge is 0.407 e. The first-order valence-electron chi connectivity index (χ1n) is 11.6. The first kappa shape index (κ1) is 24.0. The summed E-state index contributed by atoms with van der Waals surface area (Å²) in [5.41, 5.74) is 0.180. The average Bonchev–Trinajstić information content (AvgIpc) is 2.97. The highest BCUT2D eigenvalue weighted by Crippen LogP contribution is 2.57. The minimum atomic E-state index is -2.51. The van der Waals surface area contributed by atoms with Gasteiger partial charge in [-0.3, -0.25) is 0 Å². The van der Waals surface area contributed by atoms with Gasteiger partial charge >= 0.3 is 0 Å². The van der Waals surface area contributed by atoms with Gasteiger partial charge in [-0.05, 0) is 45.0 Å². The second kappa shape index (κ2) is 9.05. The summed E-state index contributed by atoms with van der Waals surface area (Å²) in [7, 11) is -2.51. The summed E-state index contributed by atoms with van der Waals surface area (Å²) in [6.07, 6.45) is 6.42. The summed E-state index contributed by atoms with van der Waals surface area (Å²) in [6.45, 7) is 15.0. The average molecular weight is 437 g/mol. The first-order valence-corrected chi connectivity index (χ1v) is 13.5. The molecule has 0 spiro atoms. The molecule has 168 valence electrons. The van der Waals surface area contributed by atoms with Gasteiger partial charge in [0.15, 0.2) is 0 Å². The van der Waals surface area contributed by atoms with Crippen molar-refractivity contribution >= 4 is 18.7 Å². The standard InChI is InChI=1S/C28H40O2Si/c1-26(2,3)31(24-14-9-7-10-15-24,25-16-11-8-12-17-25)30-22-23-18-20-28(6,19-13-21-29)27(23,4)5/h7-17,19,23,29H,18,20-22H2,1-6H3/b19-13+/t23-,28-/m0/s1. The summed E-state index contributed by atoms with van der Waals surface area (Å²) in [5.74, 6) is 0.475. The number of hydrogen-bond donors (Lipinski definition) is 1. The zero-order chi connectivity index (χ0) is 22.8. The lowest BCUT2D eigenvalue weighted by atomic mass is 9.66. The lowest BCUT2D eigenvalue weighted by Crippen LogP contribution is -2.67. The van der Waals surface area contributed by atoms with Crippen molar-refractivity contribution in [3.05, 3.63) is 72.8 Å². The van der Waals surface area contributed by atoms with Crippen LogP contribution in [-0.2, 0) is 4.43 Å². The van der Waals surface area contributed by atoms with Crippen LogP contribution in [0.5, 0.6) is 0 Å². The highest BCUT2D eigenvalue weighted by atomic mass is 28.4. The Kier molecular flexibility index (Phi) is 7.00. The number of rotatable bonds is 7. The monoisotopic (exact) mass is 436 g/mol. The molecule has 0 aromatic heterocycles. The van der Waals surface area contributed by atoms with Gasteiger partial charge in [0, 0.05) is 6.61 Å². The molecule has 2 aromatic carbocycles. The minimum Gasteiger partial charge on any atom is -0.407 e. The van der Waals surface area contributed by atoms with E-state index in [-0.39, 0.29) is 22.5 Å². The SMILES string of the molecule is CC1(C)[C@H](CO[Si](c2ccccc2)(c2ccccc2)C(C)(C)C)CC[C@]1(C)/C=C/CO. The summed E-state index contributed by atoms with van der Waals surface area (Å²) in [6, 6.07) is 21.8. The van der Waals surface area contributed by atoms with E-state index in [2.05, 4.69) is 108 Å². The van der Waals surface area contributed by atoms with E-state index in [9.17, 15) is 5.11 Å². The molecule has 1 fully saturated rings. The van der Waals surface area contributed by atoms with Gasteiger partial charge in [-0.25, -0.2) is 0 Å². The van der Waals surface area contributed by atoms with Crippen LogP contribution in [0.2, 0.25) is 5.04 Å². The Morgan fingerprint density at radius 2 is 1.48 bits per heavy atom. The molecule has 0 saturated heterocycles. The van der Waals surface area contributed by atoms with Crippen molar-refractivity contribution in [2.75, 3.05) is 13.2 Å². The maximum atomic E-state index is 9.32. The fraction of sp³-hybridized carbons (Fsp3) is 0.500. The van der Waals surface area contributed by atoms with Crippen LogP contribution in [0.1, 0.15) is 54.4 Å². The second-order valence-electron chi connectivity index (χ2n) is 10.9. The third kappa shape index (κ3) is 4.33. The van der Waals surface area contributed by atoms with Crippen LogP contribution in [0.25, 0.3) is 0 Å². The van der Waals surface area contributed by atoms with Gasteiger partial charge in [0.25, 0.3) is 8.32 Å². The highest BCUT2D eigenvalue weighted by Gasteiger charge is 2.54. The van der Waals surface area contributed by atoms with Crippen molar-refractivity contribution in [1.29, 1.82) is 0 Å². The van der Waals surface area contributed by atoms with E-state index in [4.69, 9.17) is 4.43 Å². The molecule has 0 heterocycles. The Hall–Kier alpha value is -1.68. The smallest absolute Gasteiger partial charge is 0.261 e. The maximum absolute atomic E-state index is 9.32. The molecule has 0 unspecified atom stereocenters. The van der Waals surface area contributed by atoms with Crippen LogP contribution in [0, 0.1) is 16.7 Å². The molecule has 2 atom stereocenters. The molecule has 1 aliphatic carbocycles. The molecule has 2 aromatic rings. The molecule has 0 radical (unpaired) electrons. The normalized spacial score (nSPS) is 24.0. The number of aliphatic hydroxyl groups excluding tert-OH is 1. The molecule has 1 aliphatic rings. The van der Waals surface area contributed by atoms with Gasteiger partial charge in [-0.1, -0.05) is 114 Å². The molecule has 1 saturated carbocycles. The molecule has 31 heavy (non-hydrogen) atoms. The van der Waals surface area contributed by atoms with Crippen molar-refractivity contribution < 1.29 is 9.53 Å². The lowest BCUT2D eigenvalue weighted by Gasteiger charge is -2.45. The van der Waals surface area contributed by atoms with Crippen molar-refractivity contribution in [3.8, 4) is 0 Å². The Morgan fingerprint density at radius 1 is 0.968 bits per heavy atom. The van der Waals surface area contributed by atoms with Gasteiger partial charge < -0.3 is 9.53 Å². The highest BCUT2D eigenvalue weighted by molar-refractivity contribution is 6.99. The molecule has 0 aliphatic heterocycles. The summed E-state index contributed by atoms with van der Waals surface area (Å²) in [5, 5.41) is 12.0. The maximum Gasteiger partial charge on any atom is 0.261 e. The van der Waals surface area contributed by atoms with Crippen LogP contribution >= 0.6 is 0 Å². The third-order valence-electron chi connectivity index (χ3n) is 8.01. The van der Waals surface area contributed by atoms with Gasteiger partial charge in [-0.2, -0.15) is 0 Å². The zero-order valence-corrected chi connectivity index (χ0v) is 21.2. The molecule has 1 N–H and O–H groups in total. The van der Waals surface area contributed by atoms with Gasteiger partial charge in [0.1, 0.15) is 0 Å². The summed E-state index contributed by atoms with van der Waals surface area (Å²) >= 11 is 0. The van der Waals surface area contributed by atoms with E-state index in [0.717, 1.165) is 19.4 Å². The Balaban J connectivity index is 2.00. The summed E-state index contributed by atoms with van der Waals surface area (Å²) < 4.78 is 7.25. The molecule has 0 bridgehead atoms. The van der Waals surface area contributed by atoms with Crippen molar-refractivity contribution in [2.24, 2.45) is 16.7 Å². The van der Waals surface area contributed by atoms with E-state index in [1.165, 1.54) is 10.4 Å². The fourth-order valence-electron chi connectivity index (χ4n) is 5.51. The van der Waals surface area contributed by atoms with Crippen LogP contribution in [0.3, 0.4) is 0 Å². The first-order chi connectivity index (χ1) is 14.6. The van der Waals surface area contributed by atoms with E-state index in [0.29, 0.717) is 5.92 Å². The van der Waals surface area contributed by atoms with Crippen molar-refractivity contribution in [2.45, 2.75) is 59.4 Å². The fourth-order valence-corrected chi connectivity index (χ4v) is 10.1. The van der Waals surface area contributed by atoms with Crippen LogP contribution in [-0.4, -0.2) is 26.6 Å². The van der Waals surface area contributed by atoms with E-state index >= 15 is 0 Å². The Bertz CT molecular complexity index is 827. The van der Waals surface area contributed by atoms with E-state index in [1.807, 2.05) is 6.08 Å². The summed E-state index contributed by atoms with van der Waals surface area (Å²) in [4.78, 5) is 0. The molecule has 3 heteroatoms. The molecular weight excluding hydrogens is 396 g/mol. The second-order valence-corrected chi connectivity index (χ2v) is 15.2. The predicted octanol–water partition coefficient (Wildman–Crippen LogP) is 5.55. The van der Waals surface area contributed by atoms with Gasteiger partial charge in [0.05, 0.1) is 6.61 Å². The van der Waals surface area contributed by atoms with Crippen molar-refractivity contribution in [1.82, 2.24) is 0 Å². The number of benzene rings is 2. The number of hydrogen-bond acceptors (Lipinski definition) is 2. The molecule has 3 rings (SSSR count). The quantitative estimate of drug-likeness (QED) is 0.455. The van der Waals surface area contributed by atoms with Crippen LogP contribution < -0.4 is 10.4 Å². The number of aliphatic hydroxyl groups is 1. The number of allylic oxidation sites excluding steroid dienone is 1. The lowest BCUT2D eigenvalue weighted by molar-refractivity contribution is 0.0909. The zero-order valence-electron chi connectivity index (χ0n) is 20.2. The van der Waals surface area contributed by atoms with E-state index < -0.39 is 8.32 Å². The van der Waals surface area contributed by atoms with Crippen molar-refractivity contribution in [3.63, 3.8) is 0 Å². The predicted molar refractivity (Wildman–Crippen MR) is 134 cm³/mol.